The molecule has 0 aliphatic rings. The molecule has 0 spiro atoms. The van der Waals surface area contributed by atoms with Gasteiger partial charge in [-0.25, -0.2) is 9.59 Å². The fraction of sp³-hybridized carbons (Fsp3) is 0.167. The van der Waals surface area contributed by atoms with Crippen LogP contribution in [0.4, 0.5) is 0 Å². The van der Waals surface area contributed by atoms with E-state index in [0.29, 0.717) is 17.6 Å². The van der Waals surface area contributed by atoms with Gasteiger partial charge in [-0.2, -0.15) is 0 Å². The van der Waals surface area contributed by atoms with E-state index in [1.165, 1.54) is 12.1 Å². The Balaban J connectivity index is 3.51. The molecule has 0 radical (unpaired) electrons. The highest BCUT2D eigenvalue weighted by Crippen LogP contribution is 2.23. The van der Waals surface area contributed by atoms with Gasteiger partial charge in [-0.15, -0.1) is 0 Å². The molecule has 0 bridgehead atoms. The summed E-state index contributed by atoms with van der Waals surface area (Å²) in [4.78, 5) is 22.0. The molecule has 1 aromatic carbocycles. The number of carboxylic acids is 2. The van der Waals surface area contributed by atoms with Gasteiger partial charge in [0.1, 0.15) is 0 Å². The van der Waals surface area contributed by atoms with Crippen LogP contribution in [0.1, 0.15) is 39.6 Å². The number of rotatable bonds is 4. The van der Waals surface area contributed by atoms with Gasteiger partial charge in [-0.3, -0.25) is 0 Å². The van der Waals surface area contributed by atoms with Crippen molar-refractivity contribution in [1.82, 2.24) is 0 Å². The number of carboxylic acid groups (broad SMARTS) is 2. The molecule has 4 nitrogen and oxygen atoms in total. The maximum Gasteiger partial charge on any atom is 0.337 e. The Morgan fingerprint density at radius 2 is 1.75 bits per heavy atom. The minimum atomic E-state index is -1.25. The Morgan fingerprint density at radius 3 is 2.19 bits per heavy atom. The van der Waals surface area contributed by atoms with Crippen LogP contribution in [0.5, 0.6) is 0 Å². The number of hydrogen-bond acceptors (Lipinski definition) is 2. The average molecular weight is 220 g/mol. The van der Waals surface area contributed by atoms with Crippen molar-refractivity contribution < 1.29 is 19.8 Å². The third-order valence-corrected chi connectivity index (χ3v) is 2.32. The summed E-state index contributed by atoms with van der Waals surface area (Å²) in [5.74, 6) is -2.49. The van der Waals surface area contributed by atoms with Gasteiger partial charge < -0.3 is 10.2 Å². The first-order valence-electron chi connectivity index (χ1n) is 4.76. The first-order valence-corrected chi connectivity index (χ1v) is 4.76. The first-order chi connectivity index (χ1) is 7.49. The number of benzene rings is 1. The maximum absolute atomic E-state index is 11.1. The van der Waals surface area contributed by atoms with E-state index in [9.17, 15) is 9.59 Å². The van der Waals surface area contributed by atoms with E-state index in [1.54, 1.807) is 6.07 Å². The molecular formula is C12H12O4. The lowest BCUT2D eigenvalue weighted by Gasteiger charge is -2.09. The molecule has 84 valence electrons. The molecule has 0 fully saturated rings. The van der Waals surface area contributed by atoms with E-state index in [0.717, 1.165) is 0 Å². The monoisotopic (exact) mass is 220 g/mol. The summed E-state index contributed by atoms with van der Waals surface area (Å²) < 4.78 is 0. The fourth-order valence-corrected chi connectivity index (χ4v) is 1.45. The van der Waals surface area contributed by atoms with Crippen molar-refractivity contribution in [2.75, 3.05) is 0 Å². The van der Waals surface area contributed by atoms with E-state index < -0.39 is 11.9 Å². The van der Waals surface area contributed by atoms with Crippen LogP contribution in [0.2, 0.25) is 0 Å². The van der Waals surface area contributed by atoms with Gasteiger partial charge in [0, 0.05) is 0 Å². The van der Waals surface area contributed by atoms with Gasteiger partial charge in [-0.1, -0.05) is 25.6 Å². The fourth-order valence-electron chi connectivity index (χ4n) is 1.45. The molecule has 0 aliphatic heterocycles. The van der Waals surface area contributed by atoms with Gasteiger partial charge in [0.2, 0.25) is 0 Å². The van der Waals surface area contributed by atoms with Crippen molar-refractivity contribution in [3.8, 4) is 0 Å². The minimum absolute atomic E-state index is 0.193. The van der Waals surface area contributed by atoms with E-state index >= 15 is 0 Å². The van der Waals surface area contributed by atoms with E-state index in [2.05, 4.69) is 6.58 Å². The third kappa shape index (κ3) is 2.11. The Labute approximate surface area is 92.8 Å². The summed E-state index contributed by atoms with van der Waals surface area (Å²) in [5, 5.41) is 17.9. The molecule has 4 heteroatoms. The minimum Gasteiger partial charge on any atom is -0.478 e. The topological polar surface area (TPSA) is 74.6 Å². The molecule has 0 aliphatic carbocycles. The molecule has 0 saturated carbocycles. The van der Waals surface area contributed by atoms with Crippen molar-refractivity contribution in [2.45, 2.75) is 13.3 Å². The van der Waals surface area contributed by atoms with Crippen LogP contribution >= 0.6 is 0 Å². The van der Waals surface area contributed by atoms with Crippen molar-refractivity contribution in [1.29, 1.82) is 0 Å². The van der Waals surface area contributed by atoms with Crippen LogP contribution in [-0.4, -0.2) is 22.2 Å². The second-order valence-electron chi connectivity index (χ2n) is 3.30. The molecule has 0 amide bonds. The van der Waals surface area contributed by atoms with Crippen LogP contribution in [-0.2, 0) is 0 Å². The Kier molecular flexibility index (Phi) is 3.45. The van der Waals surface area contributed by atoms with E-state index in [4.69, 9.17) is 10.2 Å². The second-order valence-corrected chi connectivity index (χ2v) is 3.30. The number of aromatic carboxylic acids is 2. The standard InChI is InChI=1S/C12H12O4/c1-3-7(2)8-5-4-6-9(11(13)14)10(8)12(15)16/h4-6H,2-3H2,1H3,(H,13,14)(H,15,16). The predicted octanol–water partition coefficient (Wildman–Crippen LogP) is 2.51. The lowest BCUT2D eigenvalue weighted by Crippen LogP contribution is -2.10. The molecular weight excluding hydrogens is 208 g/mol. The largest absolute Gasteiger partial charge is 0.478 e. The average Bonchev–Trinajstić information content (AvgIpc) is 2.26. The third-order valence-electron chi connectivity index (χ3n) is 2.32. The van der Waals surface area contributed by atoms with Crippen LogP contribution in [0.3, 0.4) is 0 Å². The SMILES string of the molecule is C=C(CC)c1cccc(C(=O)O)c1C(=O)O. The summed E-state index contributed by atoms with van der Waals surface area (Å²) >= 11 is 0. The molecule has 1 aromatic rings. The highest BCUT2D eigenvalue weighted by Gasteiger charge is 2.20. The van der Waals surface area contributed by atoms with Crippen LogP contribution < -0.4 is 0 Å². The van der Waals surface area contributed by atoms with Crippen LogP contribution in [0.15, 0.2) is 24.8 Å². The molecule has 16 heavy (non-hydrogen) atoms. The zero-order chi connectivity index (χ0) is 12.3. The van der Waals surface area contributed by atoms with Crippen LogP contribution in [0.25, 0.3) is 5.57 Å². The van der Waals surface area contributed by atoms with Crippen LogP contribution in [0, 0.1) is 0 Å². The molecule has 0 saturated heterocycles. The van der Waals surface area contributed by atoms with E-state index in [1.807, 2.05) is 6.92 Å². The van der Waals surface area contributed by atoms with Crippen molar-refractivity contribution in [3.05, 3.63) is 41.5 Å². The number of allylic oxidation sites excluding steroid dienone is 1. The van der Waals surface area contributed by atoms with Crippen molar-refractivity contribution in [2.24, 2.45) is 0 Å². The summed E-state index contributed by atoms with van der Waals surface area (Å²) in [6.45, 7) is 5.57. The first kappa shape index (κ1) is 12.0. The van der Waals surface area contributed by atoms with Gasteiger partial charge in [0.25, 0.3) is 0 Å². The molecule has 2 N–H and O–H groups in total. The lowest BCUT2D eigenvalue weighted by atomic mass is 9.95. The summed E-state index contributed by atoms with van der Waals surface area (Å²) in [6.07, 6.45) is 0.573. The molecule has 1 rings (SSSR count). The Morgan fingerprint density at radius 1 is 1.19 bits per heavy atom. The zero-order valence-corrected chi connectivity index (χ0v) is 8.86. The van der Waals surface area contributed by atoms with Crippen molar-refractivity contribution in [3.63, 3.8) is 0 Å². The number of hydrogen-bond donors (Lipinski definition) is 2. The Bertz CT molecular complexity index is 460. The highest BCUT2D eigenvalue weighted by molar-refractivity contribution is 6.05. The maximum atomic E-state index is 11.1. The van der Waals surface area contributed by atoms with E-state index in [-0.39, 0.29) is 11.1 Å². The van der Waals surface area contributed by atoms with Gasteiger partial charge >= 0.3 is 11.9 Å². The normalized spacial score (nSPS) is 9.81. The van der Waals surface area contributed by atoms with Crippen molar-refractivity contribution >= 4 is 17.5 Å². The smallest absolute Gasteiger partial charge is 0.337 e. The Hall–Kier alpha value is -2.10. The predicted molar refractivity (Wildman–Crippen MR) is 59.7 cm³/mol. The molecule has 0 unspecified atom stereocenters. The summed E-state index contributed by atoms with van der Waals surface area (Å²) in [6, 6.07) is 4.37. The van der Waals surface area contributed by atoms with Gasteiger partial charge in [0.15, 0.2) is 0 Å². The second kappa shape index (κ2) is 4.61. The highest BCUT2D eigenvalue weighted by atomic mass is 16.4. The van der Waals surface area contributed by atoms with Gasteiger partial charge in [0.05, 0.1) is 11.1 Å². The molecule has 0 aromatic heterocycles. The summed E-state index contributed by atoms with van der Waals surface area (Å²) in [5.41, 5.74) is 0.594. The molecule has 0 atom stereocenters. The zero-order valence-electron chi connectivity index (χ0n) is 8.86. The summed E-state index contributed by atoms with van der Waals surface area (Å²) in [7, 11) is 0. The molecule has 0 heterocycles. The number of carbonyl (C=O) groups is 2. The lowest BCUT2D eigenvalue weighted by molar-refractivity contribution is 0.0651. The quantitative estimate of drug-likeness (QED) is 0.817. The van der Waals surface area contributed by atoms with Gasteiger partial charge in [-0.05, 0) is 23.6 Å².